The summed E-state index contributed by atoms with van der Waals surface area (Å²) in [6, 6.07) is 20.8. The van der Waals surface area contributed by atoms with Crippen LogP contribution in [0.3, 0.4) is 0 Å². The number of aliphatic hydroxyl groups is 1. The van der Waals surface area contributed by atoms with Crippen LogP contribution in [-0.2, 0) is 54.4 Å². The molecule has 4 aliphatic rings. The van der Waals surface area contributed by atoms with Gasteiger partial charge in [-0.05, 0) is 123 Å². The molecule has 0 bridgehead atoms. The molecule has 3 aromatic carbocycles. The molecule has 81 heavy (non-hydrogen) atoms. The highest BCUT2D eigenvalue weighted by molar-refractivity contribution is 5.97. The second-order valence-electron chi connectivity index (χ2n) is 22.2. The SMILES string of the molecule is NCCNC(=O)O[C@@H]1C[C@H]2C(=O)N[C@@H](CCc3ccccc3)C(=O)N[C@H](Cc3c[nH]c4ccccc34)C(=O)NC(CC3CCNCC3)C(O)N[C@@H](Cc3ccc(OCC4CCCCC4)cc3)C(=O)N[C@@H](Cc3cccnc3)C(=O)N2C1. The van der Waals surface area contributed by atoms with E-state index >= 15 is 24.0 Å². The zero-order chi connectivity index (χ0) is 56.5. The van der Waals surface area contributed by atoms with Gasteiger partial charge in [-0.1, -0.05) is 86.0 Å². The summed E-state index contributed by atoms with van der Waals surface area (Å²) in [7, 11) is 0. The quantitative estimate of drug-likeness (QED) is 0.0640. The molecule has 432 valence electrons. The molecular weight excluding hydrogens is 1030 g/mol. The van der Waals surface area contributed by atoms with Crippen molar-refractivity contribution in [2.24, 2.45) is 17.6 Å². The second-order valence-corrected chi connectivity index (χ2v) is 22.2. The third-order valence-electron chi connectivity index (χ3n) is 16.3. The van der Waals surface area contributed by atoms with Crippen LogP contribution in [0, 0.1) is 11.8 Å². The Bertz CT molecular complexity index is 2860. The predicted octanol–water partition coefficient (Wildman–Crippen LogP) is 3.46. The van der Waals surface area contributed by atoms with Crippen LogP contribution < -0.4 is 47.7 Å². The summed E-state index contributed by atoms with van der Waals surface area (Å²) < 4.78 is 12.0. The van der Waals surface area contributed by atoms with Gasteiger partial charge in [0.2, 0.25) is 29.5 Å². The number of ether oxygens (including phenoxy) is 2. The number of aryl methyl sites for hydroxylation is 1. The number of benzene rings is 3. The van der Waals surface area contributed by atoms with Gasteiger partial charge in [-0.3, -0.25) is 34.3 Å². The van der Waals surface area contributed by atoms with E-state index in [1.54, 1.807) is 30.7 Å². The van der Waals surface area contributed by atoms with E-state index in [1.807, 2.05) is 78.9 Å². The molecular formula is C61H79N11O9. The molecule has 2 unspecified atom stereocenters. The number of amides is 6. The van der Waals surface area contributed by atoms with Gasteiger partial charge in [-0.2, -0.15) is 0 Å². The number of aromatic nitrogens is 2. The maximum absolute atomic E-state index is 15.4. The summed E-state index contributed by atoms with van der Waals surface area (Å²) >= 11 is 0. The predicted molar refractivity (Wildman–Crippen MR) is 305 cm³/mol. The second kappa shape index (κ2) is 28.8. The molecule has 3 saturated heterocycles. The third-order valence-corrected chi connectivity index (χ3v) is 16.3. The number of carbonyl (C=O) groups is 6. The van der Waals surface area contributed by atoms with Crippen LogP contribution in [0.4, 0.5) is 4.79 Å². The highest BCUT2D eigenvalue weighted by Gasteiger charge is 2.45. The average molecular weight is 1110 g/mol. The Morgan fingerprint density at radius 3 is 2.19 bits per heavy atom. The largest absolute Gasteiger partial charge is 0.493 e. The Hall–Kier alpha value is -7.39. The lowest BCUT2D eigenvalue weighted by Crippen LogP contribution is -2.63. The number of aromatic amines is 1. The number of aliphatic hydroxyl groups excluding tert-OH is 1. The number of piperidine rings is 1. The fourth-order valence-electron chi connectivity index (χ4n) is 11.8. The van der Waals surface area contributed by atoms with Gasteiger partial charge in [0.1, 0.15) is 42.2 Å². The van der Waals surface area contributed by atoms with Gasteiger partial charge in [-0.15, -0.1) is 0 Å². The van der Waals surface area contributed by atoms with Crippen molar-refractivity contribution in [3.8, 4) is 5.75 Å². The Kier molecular flexibility index (Phi) is 20.8. The maximum atomic E-state index is 15.4. The molecule has 5 aromatic rings. The lowest BCUT2D eigenvalue weighted by Gasteiger charge is -2.35. The molecule has 9 rings (SSSR count). The van der Waals surface area contributed by atoms with Gasteiger partial charge >= 0.3 is 6.09 Å². The van der Waals surface area contributed by atoms with Crippen LogP contribution in [-0.4, -0.2) is 144 Å². The lowest BCUT2D eigenvalue weighted by atomic mass is 9.89. The van der Waals surface area contributed by atoms with Crippen LogP contribution in [0.2, 0.25) is 0 Å². The zero-order valence-electron chi connectivity index (χ0n) is 46.0. The Morgan fingerprint density at radius 1 is 0.716 bits per heavy atom. The zero-order valence-corrected chi connectivity index (χ0v) is 46.0. The fraction of sp³-hybridized carbons (Fsp3) is 0.492. The molecule has 0 radical (unpaired) electrons. The number of para-hydroxylation sites is 1. The van der Waals surface area contributed by atoms with Crippen molar-refractivity contribution in [3.63, 3.8) is 0 Å². The third kappa shape index (κ3) is 16.4. The average Bonchev–Trinajstić information content (AvgIpc) is 4.11. The Morgan fingerprint density at radius 2 is 1.42 bits per heavy atom. The molecule has 4 fully saturated rings. The molecule has 1 saturated carbocycles. The number of H-pyrrole nitrogens is 1. The van der Waals surface area contributed by atoms with E-state index in [0.29, 0.717) is 36.7 Å². The molecule has 1 aliphatic carbocycles. The van der Waals surface area contributed by atoms with Crippen molar-refractivity contribution in [1.82, 2.24) is 52.1 Å². The summed E-state index contributed by atoms with van der Waals surface area (Å²) in [6.45, 7) is 2.14. The molecule has 11 N–H and O–H groups in total. The molecule has 2 aromatic heterocycles. The van der Waals surface area contributed by atoms with Crippen LogP contribution in [0.5, 0.6) is 5.75 Å². The lowest BCUT2D eigenvalue weighted by molar-refractivity contribution is -0.142. The van der Waals surface area contributed by atoms with Gasteiger partial charge in [0.15, 0.2) is 0 Å². The highest BCUT2D eigenvalue weighted by atomic mass is 16.6. The van der Waals surface area contributed by atoms with E-state index in [9.17, 15) is 9.90 Å². The number of nitrogens with zero attached hydrogens (tertiary/aromatic N) is 2. The number of hydrogen-bond acceptors (Lipinski definition) is 13. The summed E-state index contributed by atoms with van der Waals surface area (Å²) in [4.78, 5) is 98.0. The number of nitrogens with two attached hydrogens (primary N) is 1. The fourth-order valence-corrected chi connectivity index (χ4v) is 11.8. The summed E-state index contributed by atoms with van der Waals surface area (Å²) in [6.07, 6.45) is 9.80. The van der Waals surface area contributed by atoms with Crippen molar-refractivity contribution >= 4 is 46.5 Å². The van der Waals surface area contributed by atoms with Crippen molar-refractivity contribution in [2.45, 2.75) is 138 Å². The minimum atomic E-state index is -1.52. The molecule has 5 heterocycles. The van der Waals surface area contributed by atoms with Crippen molar-refractivity contribution < 1.29 is 43.3 Å². The van der Waals surface area contributed by atoms with E-state index < -0.39 is 84.2 Å². The number of nitrogens with one attached hydrogen (secondary N) is 8. The number of fused-ring (bicyclic) bond motifs is 2. The first-order chi connectivity index (χ1) is 39.5. The molecule has 8 atom stereocenters. The number of carbonyl (C=O) groups excluding carboxylic acids is 6. The number of pyridine rings is 1. The number of alkyl carbamates (subject to hydrolysis) is 1. The van der Waals surface area contributed by atoms with E-state index in [2.05, 4.69) is 47.2 Å². The van der Waals surface area contributed by atoms with E-state index in [-0.39, 0.29) is 57.7 Å². The summed E-state index contributed by atoms with van der Waals surface area (Å²) in [5, 5.41) is 34.8. The molecule has 20 heteroatoms. The van der Waals surface area contributed by atoms with Crippen LogP contribution in [0.25, 0.3) is 10.9 Å². The van der Waals surface area contributed by atoms with E-state index in [4.69, 9.17) is 15.2 Å². The molecule has 20 nitrogen and oxygen atoms in total. The van der Waals surface area contributed by atoms with E-state index in [1.165, 1.54) is 24.2 Å². The van der Waals surface area contributed by atoms with Crippen molar-refractivity contribution in [3.05, 3.63) is 132 Å². The molecule has 3 aliphatic heterocycles. The smallest absolute Gasteiger partial charge is 0.407 e. The highest BCUT2D eigenvalue weighted by Crippen LogP contribution is 2.28. The van der Waals surface area contributed by atoms with Crippen molar-refractivity contribution in [1.29, 1.82) is 0 Å². The Labute approximate surface area is 473 Å². The van der Waals surface area contributed by atoms with Crippen LogP contribution in [0.1, 0.15) is 86.5 Å². The van der Waals surface area contributed by atoms with Crippen molar-refractivity contribution in [2.75, 3.05) is 39.3 Å². The van der Waals surface area contributed by atoms with Gasteiger partial charge < -0.3 is 62.1 Å². The standard InChI is InChI=1S/C61H79N11O9/c62-25-29-65-61(79)81-46-34-54-59(77)67-49(22-19-39-10-3-1-4-11-39)55(73)70-52(33-44-36-66-48-16-8-7-15-47(44)48)58(76)69-51(31-41-23-27-63-28-24-41)56(74)68-50(30-40-17-20-45(21-18-40)80-38-42-12-5-2-6-13-42)57(75)71-53(60(78)72(54)37-46)32-43-14-9-26-64-35-43/h1,3-4,7-11,14-18,20-21,26,35-36,41-42,46,49-54,56,63,66,68,74H,2,5-6,12-13,19,22-25,27-34,37-38,62H2,(H,65,79)(H,67,77)(H,69,76)(H,70,73)(H,71,75)/t46-,49+,50+,51?,52-,53+,54+,56?/m1/s1. The summed E-state index contributed by atoms with van der Waals surface area (Å²) in [5.74, 6) is -1.96. The normalized spacial score (nSPS) is 24.9. The van der Waals surface area contributed by atoms with Crippen LogP contribution >= 0.6 is 0 Å². The first-order valence-corrected chi connectivity index (χ1v) is 29.0. The van der Waals surface area contributed by atoms with E-state index in [0.717, 1.165) is 66.4 Å². The summed E-state index contributed by atoms with van der Waals surface area (Å²) in [5.41, 5.74) is 9.46. The first kappa shape index (κ1) is 58.3. The van der Waals surface area contributed by atoms with Gasteiger partial charge in [0, 0.05) is 61.8 Å². The minimum Gasteiger partial charge on any atom is -0.493 e. The topological polar surface area (TPSA) is 283 Å². The molecule has 0 spiro atoms. The number of hydrogen-bond donors (Lipinski definition) is 10. The van der Waals surface area contributed by atoms with Gasteiger partial charge in [0.25, 0.3) is 0 Å². The van der Waals surface area contributed by atoms with Gasteiger partial charge in [0.05, 0.1) is 25.2 Å². The van der Waals surface area contributed by atoms with Gasteiger partial charge in [-0.25, -0.2) is 4.79 Å². The monoisotopic (exact) mass is 1110 g/mol. The minimum absolute atomic E-state index is 0.0321. The maximum Gasteiger partial charge on any atom is 0.407 e. The Balaban J connectivity index is 1.10. The van der Waals surface area contributed by atoms with Crippen LogP contribution in [0.15, 0.2) is 110 Å². The molecule has 6 amide bonds. The first-order valence-electron chi connectivity index (χ1n) is 29.0. The number of rotatable bonds is 17.